The fourth-order valence-electron chi connectivity index (χ4n) is 2.91. The molecule has 4 rings (SSSR count). The van der Waals surface area contributed by atoms with E-state index >= 15 is 0 Å². The van der Waals surface area contributed by atoms with Gasteiger partial charge in [-0.3, -0.25) is 14.7 Å². The molecule has 0 bridgehead atoms. The van der Waals surface area contributed by atoms with Crippen LogP contribution in [-0.4, -0.2) is 29.1 Å². The highest BCUT2D eigenvalue weighted by atomic mass is 16.5. The summed E-state index contributed by atoms with van der Waals surface area (Å²) in [4.78, 5) is 24.5. The molecule has 2 aromatic carbocycles. The number of methoxy groups -OCH3 is 1. The van der Waals surface area contributed by atoms with E-state index < -0.39 is 0 Å². The maximum absolute atomic E-state index is 12.6. The zero-order valence-corrected chi connectivity index (χ0v) is 15.4. The second-order valence-corrected chi connectivity index (χ2v) is 6.67. The highest BCUT2D eigenvalue weighted by Gasteiger charge is 2.29. The van der Waals surface area contributed by atoms with Crippen molar-refractivity contribution in [3.8, 4) is 17.0 Å². The summed E-state index contributed by atoms with van der Waals surface area (Å²) in [6.07, 6.45) is 1.86. The van der Waals surface area contributed by atoms with E-state index in [1.54, 1.807) is 37.4 Å². The van der Waals surface area contributed by atoms with Crippen LogP contribution in [0.5, 0.6) is 5.75 Å². The number of rotatable bonds is 6. The first-order chi connectivity index (χ1) is 13.6. The second kappa shape index (κ2) is 7.56. The molecule has 1 aliphatic carbocycles. The minimum absolute atomic E-state index is 0.00584. The first-order valence-electron chi connectivity index (χ1n) is 9.05. The molecule has 0 aliphatic heterocycles. The van der Waals surface area contributed by atoms with Crippen molar-refractivity contribution in [2.75, 3.05) is 17.7 Å². The minimum atomic E-state index is -0.305. The van der Waals surface area contributed by atoms with Gasteiger partial charge in [-0.05, 0) is 43.2 Å². The number of H-pyrrole nitrogens is 1. The molecule has 0 saturated heterocycles. The van der Waals surface area contributed by atoms with Crippen LogP contribution in [0, 0.1) is 5.92 Å². The lowest BCUT2D eigenvalue weighted by molar-refractivity contribution is -0.117. The van der Waals surface area contributed by atoms with Crippen molar-refractivity contribution in [2.24, 2.45) is 5.92 Å². The average molecular weight is 376 g/mol. The van der Waals surface area contributed by atoms with Crippen molar-refractivity contribution in [3.63, 3.8) is 0 Å². The Balaban J connectivity index is 1.47. The molecular weight excluding hydrogens is 356 g/mol. The molecule has 1 fully saturated rings. The van der Waals surface area contributed by atoms with Crippen LogP contribution in [0.3, 0.4) is 0 Å². The summed E-state index contributed by atoms with van der Waals surface area (Å²) in [5.74, 6) is 0.920. The molecular formula is C21H20N4O3. The molecule has 28 heavy (non-hydrogen) atoms. The summed E-state index contributed by atoms with van der Waals surface area (Å²) in [5.41, 5.74) is 2.64. The standard InChI is InChI=1S/C21H20N4O3/c1-28-18-8-3-2-7-16(18)17-12-19(25-24-17)23-21(27)14-5-4-6-15(11-14)22-20(26)13-9-10-13/h2-8,11-13H,9-10H2,1H3,(H,22,26)(H2,23,24,25,27). The van der Waals surface area contributed by atoms with E-state index in [0.29, 0.717) is 22.8 Å². The zero-order chi connectivity index (χ0) is 19.5. The lowest BCUT2D eigenvalue weighted by Crippen LogP contribution is -2.15. The predicted octanol–water partition coefficient (Wildman–Crippen LogP) is 3.69. The molecule has 3 aromatic rings. The van der Waals surface area contributed by atoms with Crippen LogP contribution in [-0.2, 0) is 4.79 Å². The average Bonchev–Trinajstić information content (AvgIpc) is 3.48. The van der Waals surface area contributed by atoms with Crippen LogP contribution in [0.1, 0.15) is 23.2 Å². The molecule has 2 amide bonds. The highest BCUT2D eigenvalue weighted by Crippen LogP contribution is 2.31. The third-order valence-corrected chi connectivity index (χ3v) is 4.56. The number of ether oxygens (including phenoxy) is 1. The summed E-state index contributed by atoms with van der Waals surface area (Å²) >= 11 is 0. The third kappa shape index (κ3) is 3.88. The van der Waals surface area contributed by atoms with Crippen molar-refractivity contribution in [2.45, 2.75) is 12.8 Å². The van der Waals surface area contributed by atoms with Gasteiger partial charge in [0, 0.05) is 28.8 Å². The van der Waals surface area contributed by atoms with Gasteiger partial charge in [-0.1, -0.05) is 18.2 Å². The monoisotopic (exact) mass is 376 g/mol. The number of nitrogens with zero attached hydrogens (tertiary/aromatic N) is 1. The van der Waals surface area contributed by atoms with Gasteiger partial charge in [0.15, 0.2) is 5.82 Å². The van der Waals surface area contributed by atoms with Gasteiger partial charge < -0.3 is 15.4 Å². The molecule has 7 nitrogen and oxygen atoms in total. The molecule has 1 heterocycles. The number of aromatic amines is 1. The highest BCUT2D eigenvalue weighted by molar-refractivity contribution is 6.05. The maximum atomic E-state index is 12.6. The number of aromatic nitrogens is 2. The minimum Gasteiger partial charge on any atom is -0.496 e. The van der Waals surface area contributed by atoms with Gasteiger partial charge >= 0.3 is 0 Å². The summed E-state index contributed by atoms with van der Waals surface area (Å²) in [6, 6.07) is 16.1. The quantitative estimate of drug-likeness (QED) is 0.611. The summed E-state index contributed by atoms with van der Waals surface area (Å²) in [5, 5.41) is 12.7. The molecule has 1 saturated carbocycles. The van der Waals surface area contributed by atoms with Crippen LogP contribution in [0.4, 0.5) is 11.5 Å². The number of carbonyl (C=O) groups excluding carboxylic acids is 2. The molecule has 142 valence electrons. The van der Waals surface area contributed by atoms with Gasteiger partial charge in [-0.2, -0.15) is 5.10 Å². The number of hydrogen-bond donors (Lipinski definition) is 3. The van der Waals surface area contributed by atoms with E-state index in [2.05, 4.69) is 20.8 Å². The van der Waals surface area contributed by atoms with Gasteiger partial charge in [0.05, 0.1) is 12.8 Å². The normalized spacial score (nSPS) is 13.0. The Kier molecular flexibility index (Phi) is 4.80. The number of carbonyl (C=O) groups is 2. The van der Waals surface area contributed by atoms with Crippen molar-refractivity contribution < 1.29 is 14.3 Å². The smallest absolute Gasteiger partial charge is 0.256 e. The fraction of sp³-hybridized carbons (Fsp3) is 0.190. The SMILES string of the molecule is COc1ccccc1-c1cc(NC(=O)c2cccc(NC(=O)C3CC3)c2)n[nH]1. The Morgan fingerprint density at radius 1 is 1.07 bits per heavy atom. The summed E-state index contributed by atoms with van der Waals surface area (Å²) in [7, 11) is 1.60. The van der Waals surface area contributed by atoms with Crippen LogP contribution in [0.2, 0.25) is 0 Å². The number of anilines is 2. The number of amides is 2. The predicted molar refractivity (Wildman–Crippen MR) is 106 cm³/mol. The van der Waals surface area contributed by atoms with Gasteiger partial charge in [-0.15, -0.1) is 0 Å². The topological polar surface area (TPSA) is 96.1 Å². The second-order valence-electron chi connectivity index (χ2n) is 6.67. The van der Waals surface area contributed by atoms with Crippen molar-refractivity contribution in [3.05, 3.63) is 60.2 Å². The van der Waals surface area contributed by atoms with E-state index in [0.717, 1.165) is 24.1 Å². The maximum Gasteiger partial charge on any atom is 0.256 e. The number of para-hydroxylation sites is 1. The Hall–Kier alpha value is -3.61. The lowest BCUT2D eigenvalue weighted by atomic mass is 10.1. The largest absolute Gasteiger partial charge is 0.496 e. The van der Waals surface area contributed by atoms with Gasteiger partial charge in [0.25, 0.3) is 5.91 Å². The van der Waals surface area contributed by atoms with Crippen molar-refractivity contribution in [1.82, 2.24) is 10.2 Å². The number of benzene rings is 2. The van der Waals surface area contributed by atoms with Crippen LogP contribution in [0.25, 0.3) is 11.3 Å². The van der Waals surface area contributed by atoms with E-state index in [4.69, 9.17) is 4.74 Å². The van der Waals surface area contributed by atoms with Crippen molar-refractivity contribution >= 4 is 23.3 Å². The van der Waals surface area contributed by atoms with Gasteiger partial charge in [0.1, 0.15) is 5.75 Å². The fourth-order valence-corrected chi connectivity index (χ4v) is 2.91. The molecule has 3 N–H and O–H groups in total. The first-order valence-corrected chi connectivity index (χ1v) is 9.05. The molecule has 7 heteroatoms. The molecule has 0 unspecified atom stereocenters. The van der Waals surface area contributed by atoms with Gasteiger partial charge in [-0.25, -0.2) is 0 Å². The van der Waals surface area contributed by atoms with E-state index in [1.165, 1.54) is 0 Å². The molecule has 1 aromatic heterocycles. The summed E-state index contributed by atoms with van der Waals surface area (Å²) in [6.45, 7) is 0. The van der Waals surface area contributed by atoms with Gasteiger partial charge in [0.2, 0.25) is 5.91 Å². The Labute approximate surface area is 162 Å². The van der Waals surface area contributed by atoms with Crippen molar-refractivity contribution in [1.29, 1.82) is 0 Å². The van der Waals surface area contributed by atoms with E-state index in [-0.39, 0.29) is 17.7 Å². The Morgan fingerprint density at radius 3 is 2.68 bits per heavy atom. The molecule has 0 atom stereocenters. The Morgan fingerprint density at radius 2 is 1.89 bits per heavy atom. The van der Waals surface area contributed by atoms with E-state index in [9.17, 15) is 9.59 Å². The lowest BCUT2D eigenvalue weighted by Gasteiger charge is -2.07. The molecule has 1 aliphatic rings. The number of hydrogen-bond acceptors (Lipinski definition) is 4. The molecule has 0 spiro atoms. The van der Waals surface area contributed by atoms with Crippen LogP contribution in [0.15, 0.2) is 54.6 Å². The number of nitrogens with one attached hydrogen (secondary N) is 3. The Bertz CT molecular complexity index is 1020. The van der Waals surface area contributed by atoms with E-state index in [1.807, 2.05) is 24.3 Å². The summed E-state index contributed by atoms with van der Waals surface area (Å²) < 4.78 is 5.36. The van der Waals surface area contributed by atoms with Crippen LogP contribution < -0.4 is 15.4 Å². The third-order valence-electron chi connectivity index (χ3n) is 4.56. The molecule has 0 radical (unpaired) electrons. The van der Waals surface area contributed by atoms with Crippen LogP contribution >= 0.6 is 0 Å². The zero-order valence-electron chi connectivity index (χ0n) is 15.4. The first kappa shape index (κ1) is 17.8.